The monoisotopic (exact) mass is 262 g/mol. The van der Waals surface area contributed by atoms with Crippen LogP contribution in [0, 0.1) is 0 Å². The van der Waals surface area contributed by atoms with Gasteiger partial charge >= 0.3 is 0 Å². The summed E-state index contributed by atoms with van der Waals surface area (Å²) in [6, 6.07) is 12.1. The molecule has 1 aromatic heterocycles. The number of hydrogen-bond donors (Lipinski definition) is 2. The maximum Gasteiger partial charge on any atom is 0.210 e. The van der Waals surface area contributed by atoms with Gasteiger partial charge in [0, 0.05) is 27.7 Å². The number of carbonyl (C=O) groups excluding carboxylic acids is 2. The van der Waals surface area contributed by atoms with E-state index in [1.54, 1.807) is 42.5 Å². The number of aromatic amines is 1. The third-order valence-electron chi connectivity index (χ3n) is 3.69. The van der Waals surface area contributed by atoms with Gasteiger partial charge in [0.2, 0.25) is 5.78 Å². The summed E-state index contributed by atoms with van der Waals surface area (Å²) in [5, 5.41) is 0.702. The lowest BCUT2D eigenvalue weighted by Crippen LogP contribution is -2.20. The Bertz CT molecular complexity index is 906. The number of nitrogens with one attached hydrogen (secondary N) is 1. The molecule has 3 N–H and O–H groups in total. The van der Waals surface area contributed by atoms with Gasteiger partial charge in [-0.1, -0.05) is 24.3 Å². The maximum atomic E-state index is 12.6. The number of fused-ring (bicyclic) bond motifs is 4. The first-order valence-corrected chi connectivity index (χ1v) is 6.26. The Balaban J connectivity index is 2.12. The number of benzene rings is 2. The second-order valence-electron chi connectivity index (χ2n) is 4.88. The van der Waals surface area contributed by atoms with Crippen LogP contribution < -0.4 is 5.73 Å². The van der Waals surface area contributed by atoms with Gasteiger partial charge in [0.25, 0.3) is 0 Å². The van der Waals surface area contributed by atoms with Crippen molar-refractivity contribution in [2.24, 2.45) is 0 Å². The Kier molecular flexibility index (Phi) is 1.96. The van der Waals surface area contributed by atoms with Crippen molar-refractivity contribution in [1.82, 2.24) is 4.98 Å². The molecule has 20 heavy (non-hydrogen) atoms. The predicted octanol–water partition coefficient (Wildman–Crippen LogP) is 2.53. The van der Waals surface area contributed by atoms with Gasteiger partial charge in [-0.25, -0.2) is 0 Å². The molecule has 1 aliphatic carbocycles. The summed E-state index contributed by atoms with van der Waals surface area (Å²) in [5.74, 6) is -0.281. The fraction of sp³-hybridized carbons (Fsp3) is 0. The van der Waals surface area contributed by atoms with Crippen molar-refractivity contribution >= 4 is 28.2 Å². The molecular formula is C16H10N2O2. The van der Waals surface area contributed by atoms with Crippen LogP contribution in [0.3, 0.4) is 0 Å². The average Bonchev–Trinajstić information content (AvgIpc) is 2.84. The normalized spacial score (nSPS) is 13.4. The molecule has 4 nitrogen and oxygen atoms in total. The molecule has 4 rings (SSSR count). The molecule has 1 heterocycles. The molecule has 3 aromatic rings. The van der Waals surface area contributed by atoms with Crippen LogP contribution in [0.1, 0.15) is 32.0 Å². The highest BCUT2D eigenvalue weighted by molar-refractivity contribution is 6.32. The van der Waals surface area contributed by atoms with Crippen molar-refractivity contribution in [1.29, 1.82) is 0 Å². The second kappa shape index (κ2) is 3.57. The zero-order valence-corrected chi connectivity index (χ0v) is 10.4. The van der Waals surface area contributed by atoms with E-state index in [9.17, 15) is 9.59 Å². The maximum absolute atomic E-state index is 12.6. The predicted molar refractivity (Wildman–Crippen MR) is 76.0 cm³/mol. The third-order valence-corrected chi connectivity index (χ3v) is 3.69. The summed E-state index contributed by atoms with van der Waals surface area (Å²) in [4.78, 5) is 28.2. The zero-order chi connectivity index (χ0) is 13.9. The van der Waals surface area contributed by atoms with E-state index in [2.05, 4.69) is 4.98 Å². The van der Waals surface area contributed by atoms with Gasteiger partial charge < -0.3 is 10.7 Å². The summed E-state index contributed by atoms with van der Waals surface area (Å²) in [6.45, 7) is 0. The fourth-order valence-electron chi connectivity index (χ4n) is 2.76. The van der Waals surface area contributed by atoms with E-state index in [1.165, 1.54) is 0 Å². The van der Waals surface area contributed by atoms with Crippen LogP contribution in [0.25, 0.3) is 10.9 Å². The third kappa shape index (κ3) is 1.25. The number of aromatic nitrogens is 1. The van der Waals surface area contributed by atoms with E-state index < -0.39 is 0 Å². The SMILES string of the molecule is Nc1ccc2[nH]c3c(c2c1)C(=O)c1ccccc1C3=O. The molecule has 0 saturated heterocycles. The molecule has 0 amide bonds. The Morgan fingerprint density at radius 3 is 2.35 bits per heavy atom. The quantitative estimate of drug-likeness (QED) is 0.478. The average molecular weight is 262 g/mol. The molecule has 0 saturated carbocycles. The minimum Gasteiger partial charge on any atom is -0.399 e. The molecule has 0 spiro atoms. The highest BCUT2D eigenvalue weighted by Gasteiger charge is 2.32. The molecular weight excluding hydrogens is 252 g/mol. The van der Waals surface area contributed by atoms with Crippen molar-refractivity contribution in [3.63, 3.8) is 0 Å². The fourth-order valence-corrected chi connectivity index (χ4v) is 2.76. The number of nitrogen functional groups attached to an aromatic ring is 1. The number of hydrogen-bond acceptors (Lipinski definition) is 3. The smallest absolute Gasteiger partial charge is 0.210 e. The Labute approximate surface area is 114 Å². The molecule has 1 aliphatic rings. The standard InChI is InChI=1S/C16H10N2O2/c17-8-5-6-12-11(7-8)13-14(18-12)16(20)10-4-2-1-3-9(10)15(13)19/h1-7,18H,17H2. The lowest BCUT2D eigenvalue weighted by atomic mass is 9.87. The van der Waals surface area contributed by atoms with Crippen molar-refractivity contribution in [2.75, 3.05) is 5.73 Å². The van der Waals surface area contributed by atoms with E-state index in [-0.39, 0.29) is 11.6 Å². The largest absolute Gasteiger partial charge is 0.399 e. The first-order chi connectivity index (χ1) is 9.66. The number of carbonyl (C=O) groups is 2. The molecule has 4 heteroatoms. The topological polar surface area (TPSA) is 76.0 Å². The molecule has 0 unspecified atom stereocenters. The molecule has 0 atom stereocenters. The van der Waals surface area contributed by atoms with Gasteiger partial charge in [0.1, 0.15) is 0 Å². The molecule has 0 bridgehead atoms. The molecule has 96 valence electrons. The van der Waals surface area contributed by atoms with Crippen molar-refractivity contribution in [3.8, 4) is 0 Å². The number of nitrogens with two attached hydrogens (primary N) is 1. The highest BCUT2D eigenvalue weighted by Crippen LogP contribution is 2.33. The van der Waals surface area contributed by atoms with E-state index in [0.29, 0.717) is 33.5 Å². The number of ketones is 2. The zero-order valence-electron chi connectivity index (χ0n) is 10.4. The van der Waals surface area contributed by atoms with Crippen LogP contribution in [0.5, 0.6) is 0 Å². The Morgan fingerprint density at radius 1 is 0.900 bits per heavy atom. The van der Waals surface area contributed by atoms with Gasteiger partial charge in [0.15, 0.2) is 5.78 Å². The summed E-state index contributed by atoms with van der Waals surface area (Å²) < 4.78 is 0. The number of H-pyrrole nitrogens is 1. The van der Waals surface area contributed by atoms with Crippen molar-refractivity contribution in [3.05, 3.63) is 64.8 Å². The second-order valence-corrected chi connectivity index (χ2v) is 4.88. The van der Waals surface area contributed by atoms with Crippen LogP contribution >= 0.6 is 0 Å². The van der Waals surface area contributed by atoms with Gasteiger partial charge in [-0.3, -0.25) is 9.59 Å². The molecule has 0 radical (unpaired) electrons. The van der Waals surface area contributed by atoms with Crippen LogP contribution in [0.2, 0.25) is 0 Å². The molecule has 2 aromatic carbocycles. The van der Waals surface area contributed by atoms with Crippen LogP contribution in [0.15, 0.2) is 42.5 Å². The Morgan fingerprint density at radius 2 is 1.60 bits per heavy atom. The first kappa shape index (κ1) is 11.0. The summed E-state index contributed by atoms with van der Waals surface area (Å²) in [6.07, 6.45) is 0. The van der Waals surface area contributed by atoms with Crippen molar-refractivity contribution < 1.29 is 9.59 Å². The van der Waals surface area contributed by atoms with E-state index in [0.717, 1.165) is 5.52 Å². The van der Waals surface area contributed by atoms with E-state index >= 15 is 0 Å². The summed E-state index contributed by atoms with van der Waals surface area (Å²) >= 11 is 0. The highest BCUT2D eigenvalue weighted by atomic mass is 16.1. The van der Waals surface area contributed by atoms with Crippen molar-refractivity contribution in [2.45, 2.75) is 0 Å². The minimum atomic E-state index is -0.148. The minimum absolute atomic E-state index is 0.132. The van der Waals surface area contributed by atoms with Gasteiger partial charge in [-0.2, -0.15) is 0 Å². The molecule has 0 fully saturated rings. The number of anilines is 1. The lowest BCUT2D eigenvalue weighted by molar-refractivity contribution is 0.0978. The molecule has 0 aliphatic heterocycles. The Hall–Kier alpha value is -2.88. The number of rotatable bonds is 0. The van der Waals surface area contributed by atoms with Gasteiger partial charge in [0.05, 0.1) is 11.3 Å². The van der Waals surface area contributed by atoms with Crippen LogP contribution in [-0.4, -0.2) is 16.6 Å². The summed E-state index contributed by atoms with van der Waals surface area (Å²) in [7, 11) is 0. The van der Waals surface area contributed by atoms with Gasteiger partial charge in [-0.15, -0.1) is 0 Å². The van der Waals surface area contributed by atoms with Crippen LogP contribution in [0.4, 0.5) is 5.69 Å². The van der Waals surface area contributed by atoms with Gasteiger partial charge in [-0.05, 0) is 18.2 Å². The first-order valence-electron chi connectivity index (χ1n) is 6.26. The summed E-state index contributed by atoms with van der Waals surface area (Å²) in [5.41, 5.74) is 8.78. The van der Waals surface area contributed by atoms with E-state index in [1.807, 2.05) is 0 Å². The van der Waals surface area contributed by atoms with E-state index in [4.69, 9.17) is 5.73 Å². The van der Waals surface area contributed by atoms with Crippen LogP contribution in [-0.2, 0) is 0 Å². The lowest BCUT2D eigenvalue weighted by Gasteiger charge is -2.13.